The topological polar surface area (TPSA) is 151 Å². The van der Waals surface area contributed by atoms with Crippen LogP contribution in [0.2, 0.25) is 0 Å². The van der Waals surface area contributed by atoms with E-state index in [1.54, 1.807) is 0 Å². The van der Waals surface area contributed by atoms with Gasteiger partial charge < -0.3 is 26.8 Å². The van der Waals surface area contributed by atoms with Gasteiger partial charge in [-0.2, -0.15) is 0 Å². The maximum absolute atomic E-state index is 12.5. The third kappa shape index (κ3) is 8.37. The number of nitrogens with one attached hydrogen (secondary N) is 3. The molecule has 1 saturated carbocycles. The van der Waals surface area contributed by atoms with Crippen LogP contribution in [0.1, 0.15) is 46.0 Å². The van der Waals surface area contributed by atoms with Crippen molar-refractivity contribution >= 4 is 23.8 Å². The summed E-state index contributed by atoms with van der Waals surface area (Å²) in [4.78, 5) is 46.4. The molecule has 0 aromatic heterocycles. The minimum absolute atomic E-state index is 0.0601. The van der Waals surface area contributed by atoms with E-state index < -0.39 is 30.0 Å². The molecule has 0 saturated heterocycles. The van der Waals surface area contributed by atoms with Crippen LogP contribution in [0.3, 0.4) is 0 Å². The van der Waals surface area contributed by atoms with Crippen molar-refractivity contribution in [3.8, 4) is 0 Å². The van der Waals surface area contributed by atoms with Crippen LogP contribution in [-0.2, 0) is 14.4 Å². The van der Waals surface area contributed by atoms with Crippen molar-refractivity contribution in [2.45, 2.75) is 58.0 Å². The lowest BCUT2D eigenvalue weighted by Gasteiger charge is -2.23. The molecule has 142 valence electrons. The van der Waals surface area contributed by atoms with Crippen molar-refractivity contribution in [2.24, 2.45) is 17.6 Å². The van der Waals surface area contributed by atoms with Crippen molar-refractivity contribution in [2.75, 3.05) is 6.54 Å². The molecule has 0 aromatic carbocycles. The summed E-state index contributed by atoms with van der Waals surface area (Å²) < 4.78 is 0. The smallest absolute Gasteiger partial charge is 0.404 e. The summed E-state index contributed by atoms with van der Waals surface area (Å²) in [7, 11) is 0. The van der Waals surface area contributed by atoms with Crippen LogP contribution in [-0.4, -0.2) is 47.5 Å². The molecule has 0 aliphatic heterocycles. The first-order valence-electron chi connectivity index (χ1n) is 8.57. The predicted octanol–water partition coefficient (Wildman–Crippen LogP) is -0.0548. The van der Waals surface area contributed by atoms with Gasteiger partial charge in [-0.05, 0) is 38.0 Å². The SMILES string of the molecule is CC(C)CC(NC(=O)C(CCCNC(=O)O)NC(=O)C1CC1)C(N)=O. The minimum atomic E-state index is -1.14. The average molecular weight is 356 g/mol. The fourth-order valence-electron chi connectivity index (χ4n) is 2.40. The molecule has 1 rings (SSSR count). The van der Waals surface area contributed by atoms with Gasteiger partial charge in [0.2, 0.25) is 17.7 Å². The van der Waals surface area contributed by atoms with Gasteiger partial charge in [-0.1, -0.05) is 13.8 Å². The first-order valence-corrected chi connectivity index (χ1v) is 8.57. The van der Waals surface area contributed by atoms with Gasteiger partial charge in [0.15, 0.2) is 0 Å². The molecule has 9 nitrogen and oxygen atoms in total. The summed E-state index contributed by atoms with van der Waals surface area (Å²) in [6.07, 6.45) is 1.51. The molecule has 0 radical (unpaired) electrons. The molecule has 0 spiro atoms. The molecular formula is C16H28N4O5. The first kappa shape index (κ1) is 20.7. The summed E-state index contributed by atoms with van der Waals surface area (Å²) in [5.41, 5.74) is 5.33. The van der Waals surface area contributed by atoms with Gasteiger partial charge in [-0.15, -0.1) is 0 Å². The highest BCUT2D eigenvalue weighted by molar-refractivity contribution is 5.92. The lowest BCUT2D eigenvalue weighted by molar-refractivity contribution is -0.132. The molecule has 0 bridgehead atoms. The number of hydrogen-bond acceptors (Lipinski definition) is 4. The number of carboxylic acid groups (broad SMARTS) is 1. The molecule has 2 unspecified atom stereocenters. The van der Waals surface area contributed by atoms with E-state index in [4.69, 9.17) is 10.8 Å². The molecule has 1 aliphatic rings. The third-order valence-corrected chi connectivity index (χ3v) is 3.89. The molecule has 0 aromatic rings. The maximum Gasteiger partial charge on any atom is 0.404 e. The van der Waals surface area contributed by atoms with E-state index in [-0.39, 0.29) is 30.7 Å². The molecule has 6 N–H and O–H groups in total. The largest absolute Gasteiger partial charge is 0.465 e. The van der Waals surface area contributed by atoms with Crippen LogP contribution in [0.4, 0.5) is 4.79 Å². The van der Waals surface area contributed by atoms with Gasteiger partial charge in [0, 0.05) is 12.5 Å². The summed E-state index contributed by atoms with van der Waals surface area (Å²) in [5.74, 6) is -1.19. The van der Waals surface area contributed by atoms with Gasteiger partial charge in [-0.3, -0.25) is 14.4 Å². The Morgan fingerprint density at radius 1 is 1.12 bits per heavy atom. The molecule has 25 heavy (non-hydrogen) atoms. The Hall–Kier alpha value is -2.32. The number of rotatable bonds is 11. The second-order valence-electron chi connectivity index (χ2n) is 6.80. The summed E-state index contributed by atoms with van der Waals surface area (Å²) >= 11 is 0. The van der Waals surface area contributed by atoms with E-state index in [9.17, 15) is 19.2 Å². The van der Waals surface area contributed by atoms with Crippen molar-refractivity contribution in [1.82, 2.24) is 16.0 Å². The number of carbonyl (C=O) groups is 4. The van der Waals surface area contributed by atoms with Crippen LogP contribution in [0, 0.1) is 11.8 Å². The molecule has 0 heterocycles. The number of hydrogen-bond donors (Lipinski definition) is 5. The van der Waals surface area contributed by atoms with Crippen LogP contribution < -0.4 is 21.7 Å². The van der Waals surface area contributed by atoms with E-state index in [1.807, 2.05) is 13.8 Å². The van der Waals surface area contributed by atoms with Crippen molar-refractivity contribution in [3.05, 3.63) is 0 Å². The van der Waals surface area contributed by atoms with E-state index in [1.165, 1.54) is 0 Å². The Bertz CT molecular complexity index is 505. The molecular weight excluding hydrogens is 328 g/mol. The zero-order valence-corrected chi connectivity index (χ0v) is 14.7. The van der Waals surface area contributed by atoms with E-state index in [0.717, 1.165) is 12.8 Å². The number of carbonyl (C=O) groups excluding carboxylic acids is 3. The summed E-state index contributed by atoms with van der Waals surface area (Å²) in [5, 5.41) is 16.1. The Kier molecular flexibility index (Phi) is 8.17. The highest BCUT2D eigenvalue weighted by atomic mass is 16.4. The number of primary amides is 1. The Morgan fingerprint density at radius 3 is 2.24 bits per heavy atom. The Morgan fingerprint density at radius 2 is 1.76 bits per heavy atom. The van der Waals surface area contributed by atoms with Gasteiger partial charge in [-0.25, -0.2) is 4.79 Å². The molecule has 4 amide bonds. The fraction of sp³-hybridized carbons (Fsp3) is 0.750. The monoisotopic (exact) mass is 356 g/mol. The molecule has 9 heteroatoms. The minimum Gasteiger partial charge on any atom is -0.465 e. The summed E-state index contributed by atoms with van der Waals surface area (Å²) in [6, 6.07) is -1.62. The van der Waals surface area contributed by atoms with Crippen molar-refractivity contribution < 1.29 is 24.3 Å². The second kappa shape index (κ2) is 9.85. The van der Waals surface area contributed by atoms with Crippen LogP contribution in [0.5, 0.6) is 0 Å². The third-order valence-electron chi connectivity index (χ3n) is 3.89. The van der Waals surface area contributed by atoms with Crippen LogP contribution in [0.25, 0.3) is 0 Å². The van der Waals surface area contributed by atoms with Gasteiger partial charge in [0.05, 0.1) is 0 Å². The maximum atomic E-state index is 12.5. The normalized spacial score (nSPS) is 16.0. The van der Waals surface area contributed by atoms with Gasteiger partial charge in [0.25, 0.3) is 0 Å². The standard InChI is InChI=1S/C16H28N4O5/c1-9(2)8-12(13(17)21)20-15(23)11(4-3-7-18-16(24)25)19-14(22)10-5-6-10/h9-12,18H,3-8H2,1-2H3,(H2,17,21)(H,19,22)(H,20,23)(H,24,25). The zero-order valence-electron chi connectivity index (χ0n) is 14.7. The summed E-state index contributed by atoms with van der Waals surface area (Å²) in [6.45, 7) is 3.99. The van der Waals surface area contributed by atoms with Crippen LogP contribution >= 0.6 is 0 Å². The first-order chi connectivity index (χ1) is 11.7. The number of amides is 4. The quantitative estimate of drug-likeness (QED) is 0.329. The van der Waals surface area contributed by atoms with Crippen molar-refractivity contribution in [3.63, 3.8) is 0 Å². The average Bonchev–Trinajstić information content (AvgIpc) is 3.33. The second-order valence-corrected chi connectivity index (χ2v) is 6.80. The Labute approximate surface area is 147 Å². The van der Waals surface area contributed by atoms with Gasteiger partial charge >= 0.3 is 6.09 Å². The molecule has 1 fully saturated rings. The predicted molar refractivity (Wildman–Crippen MR) is 90.5 cm³/mol. The highest BCUT2D eigenvalue weighted by Crippen LogP contribution is 2.29. The Balaban J connectivity index is 2.63. The van der Waals surface area contributed by atoms with Crippen LogP contribution in [0.15, 0.2) is 0 Å². The zero-order chi connectivity index (χ0) is 19.0. The fourth-order valence-corrected chi connectivity index (χ4v) is 2.40. The van der Waals surface area contributed by atoms with E-state index in [0.29, 0.717) is 12.8 Å². The van der Waals surface area contributed by atoms with Gasteiger partial charge in [0.1, 0.15) is 12.1 Å². The lowest BCUT2D eigenvalue weighted by Crippen LogP contribution is -2.53. The van der Waals surface area contributed by atoms with E-state index in [2.05, 4.69) is 16.0 Å². The van der Waals surface area contributed by atoms with Crippen molar-refractivity contribution in [1.29, 1.82) is 0 Å². The molecule has 1 aliphatic carbocycles. The number of nitrogens with two attached hydrogens (primary N) is 1. The highest BCUT2D eigenvalue weighted by Gasteiger charge is 2.33. The lowest BCUT2D eigenvalue weighted by atomic mass is 10.0. The van der Waals surface area contributed by atoms with E-state index >= 15 is 0 Å². The molecule has 2 atom stereocenters.